The van der Waals surface area contributed by atoms with Crippen LogP contribution in [0.1, 0.15) is 91.4 Å². The molecule has 0 bridgehead atoms. The summed E-state index contributed by atoms with van der Waals surface area (Å²) in [5, 5.41) is 10.6. The van der Waals surface area contributed by atoms with E-state index in [1.54, 1.807) is 0 Å². The third-order valence-corrected chi connectivity index (χ3v) is 8.11. The van der Waals surface area contributed by atoms with E-state index in [-0.39, 0.29) is 17.9 Å². The standard InChI is InChI=1S/C30H40N2O2/c1-22(33)30(28-14-4-3-13-27(28)23-10-8-11-23)32-19-18-26(21-32)34-20-7-6-12-25-17-16-24-9-2-5-15-29(24)31-25/h3-4,13-14,16-17,23,26,30,33H,1-2,5-12,15,18-21H2/t26-,30+/m1/s1. The molecule has 2 aliphatic carbocycles. The van der Waals surface area contributed by atoms with Gasteiger partial charge in [-0.3, -0.25) is 9.88 Å². The van der Waals surface area contributed by atoms with Crippen LogP contribution in [-0.2, 0) is 24.0 Å². The number of hydrogen-bond donors (Lipinski definition) is 1. The van der Waals surface area contributed by atoms with Crippen molar-refractivity contribution in [3.8, 4) is 0 Å². The second-order valence-electron chi connectivity index (χ2n) is 10.5. The highest BCUT2D eigenvalue weighted by Gasteiger charge is 2.34. The van der Waals surface area contributed by atoms with Crippen LogP contribution in [0.4, 0.5) is 0 Å². The van der Waals surface area contributed by atoms with Gasteiger partial charge in [0.1, 0.15) is 5.76 Å². The fraction of sp³-hybridized carbons (Fsp3) is 0.567. The van der Waals surface area contributed by atoms with Crippen LogP contribution in [-0.4, -0.2) is 40.8 Å². The molecule has 1 saturated heterocycles. The van der Waals surface area contributed by atoms with Gasteiger partial charge in [-0.15, -0.1) is 0 Å². The molecule has 2 fully saturated rings. The number of fused-ring (bicyclic) bond motifs is 1. The highest BCUT2D eigenvalue weighted by Crippen LogP contribution is 2.42. The van der Waals surface area contributed by atoms with Gasteiger partial charge in [-0.05, 0) is 92.9 Å². The molecular formula is C30H40N2O2. The molecule has 4 nitrogen and oxygen atoms in total. The Morgan fingerprint density at radius 1 is 1.06 bits per heavy atom. The second kappa shape index (κ2) is 11.0. The first-order valence-corrected chi connectivity index (χ1v) is 13.5. The molecule has 1 aromatic carbocycles. The maximum Gasteiger partial charge on any atom is 0.107 e. The first-order valence-electron chi connectivity index (χ1n) is 13.5. The highest BCUT2D eigenvalue weighted by molar-refractivity contribution is 5.37. The van der Waals surface area contributed by atoms with Crippen molar-refractivity contribution < 1.29 is 9.84 Å². The summed E-state index contributed by atoms with van der Waals surface area (Å²) in [6.45, 7) is 6.55. The third kappa shape index (κ3) is 5.39. The third-order valence-electron chi connectivity index (χ3n) is 8.11. The first kappa shape index (κ1) is 23.6. The number of nitrogens with zero attached hydrogens (tertiary/aromatic N) is 2. The van der Waals surface area contributed by atoms with Gasteiger partial charge in [-0.25, -0.2) is 0 Å². The Balaban J connectivity index is 1.09. The molecule has 0 amide bonds. The van der Waals surface area contributed by atoms with Crippen molar-refractivity contribution in [1.29, 1.82) is 0 Å². The minimum Gasteiger partial charge on any atom is -0.511 e. The van der Waals surface area contributed by atoms with Gasteiger partial charge in [-0.2, -0.15) is 0 Å². The molecule has 2 heterocycles. The molecule has 2 atom stereocenters. The van der Waals surface area contributed by atoms with E-state index in [4.69, 9.17) is 9.72 Å². The van der Waals surface area contributed by atoms with Gasteiger partial charge in [0, 0.05) is 31.1 Å². The lowest BCUT2D eigenvalue weighted by atomic mass is 9.77. The molecule has 1 N–H and O–H groups in total. The molecule has 182 valence electrons. The molecular weight excluding hydrogens is 420 g/mol. The topological polar surface area (TPSA) is 45.6 Å². The number of aromatic nitrogens is 1. The lowest BCUT2D eigenvalue weighted by molar-refractivity contribution is 0.0524. The van der Waals surface area contributed by atoms with Gasteiger partial charge in [0.15, 0.2) is 0 Å². The van der Waals surface area contributed by atoms with Crippen molar-refractivity contribution in [2.24, 2.45) is 0 Å². The predicted molar refractivity (Wildman–Crippen MR) is 137 cm³/mol. The Kier molecular flexibility index (Phi) is 7.66. The Labute approximate surface area is 205 Å². The van der Waals surface area contributed by atoms with E-state index >= 15 is 0 Å². The summed E-state index contributed by atoms with van der Waals surface area (Å²) in [4.78, 5) is 7.28. The molecule has 1 saturated carbocycles. The highest BCUT2D eigenvalue weighted by atomic mass is 16.5. The summed E-state index contributed by atoms with van der Waals surface area (Å²) in [5.74, 6) is 0.891. The second-order valence-corrected chi connectivity index (χ2v) is 10.5. The molecule has 1 aromatic heterocycles. The van der Waals surface area contributed by atoms with E-state index < -0.39 is 0 Å². The summed E-state index contributed by atoms with van der Waals surface area (Å²) >= 11 is 0. The minimum atomic E-state index is -0.125. The Bertz CT molecular complexity index is 984. The van der Waals surface area contributed by atoms with Crippen LogP contribution >= 0.6 is 0 Å². The monoisotopic (exact) mass is 460 g/mol. The fourth-order valence-corrected chi connectivity index (χ4v) is 5.99. The van der Waals surface area contributed by atoms with Gasteiger partial charge in [0.25, 0.3) is 0 Å². The minimum absolute atomic E-state index is 0.125. The zero-order valence-electron chi connectivity index (χ0n) is 20.6. The van der Waals surface area contributed by atoms with Gasteiger partial charge < -0.3 is 9.84 Å². The van der Waals surface area contributed by atoms with E-state index in [9.17, 15) is 5.11 Å². The maximum absolute atomic E-state index is 10.6. The molecule has 0 radical (unpaired) electrons. The number of pyridine rings is 1. The largest absolute Gasteiger partial charge is 0.511 e. The average Bonchev–Trinajstić information content (AvgIpc) is 3.27. The maximum atomic E-state index is 10.6. The molecule has 3 aliphatic rings. The summed E-state index contributed by atoms with van der Waals surface area (Å²) in [6, 6.07) is 13.1. The van der Waals surface area contributed by atoms with Crippen molar-refractivity contribution in [2.75, 3.05) is 19.7 Å². The van der Waals surface area contributed by atoms with Crippen LogP contribution in [0.2, 0.25) is 0 Å². The fourth-order valence-electron chi connectivity index (χ4n) is 5.99. The Hall–Kier alpha value is -2.17. The van der Waals surface area contributed by atoms with Crippen LogP contribution in [0.25, 0.3) is 0 Å². The Morgan fingerprint density at radius 3 is 2.74 bits per heavy atom. The smallest absolute Gasteiger partial charge is 0.107 e. The number of aliphatic hydroxyl groups is 1. The van der Waals surface area contributed by atoms with Crippen LogP contribution in [0.5, 0.6) is 0 Å². The van der Waals surface area contributed by atoms with Crippen LogP contribution < -0.4 is 0 Å². The first-order chi connectivity index (χ1) is 16.7. The Morgan fingerprint density at radius 2 is 1.91 bits per heavy atom. The zero-order valence-corrected chi connectivity index (χ0v) is 20.6. The van der Waals surface area contributed by atoms with E-state index in [0.717, 1.165) is 51.8 Å². The van der Waals surface area contributed by atoms with Crippen molar-refractivity contribution in [3.05, 3.63) is 76.8 Å². The van der Waals surface area contributed by atoms with Crippen molar-refractivity contribution in [1.82, 2.24) is 9.88 Å². The number of aliphatic hydroxyl groups excluding tert-OH is 1. The molecule has 1 aliphatic heterocycles. The summed E-state index contributed by atoms with van der Waals surface area (Å²) < 4.78 is 6.26. The normalized spacial score (nSPS) is 21.7. The lowest BCUT2D eigenvalue weighted by Crippen LogP contribution is -2.30. The van der Waals surface area contributed by atoms with Crippen LogP contribution in [0, 0.1) is 0 Å². The number of likely N-dealkylation sites (tertiary alicyclic amines) is 1. The summed E-state index contributed by atoms with van der Waals surface area (Å²) in [7, 11) is 0. The zero-order chi connectivity index (χ0) is 23.3. The van der Waals surface area contributed by atoms with Crippen molar-refractivity contribution >= 4 is 0 Å². The number of ether oxygens (including phenoxy) is 1. The summed E-state index contributed by atoms with van der Waals surface area (Å²) in [6.07, 6.45) is 13.2. The molecule has 0 spiro atoms. The summed E-state index contributed by atoms with van der Waals surface area (Å²) in [5.41, 5.74) is 6.67. The van der Waals surface area contributed by atoms with Gasteiger partial charge in [-0.1, -0.05) is 43.3 Å². The van der Waals surface area contributed by atoms with Gasteiger partial charge >= 0.3 is 0 Å². The van der Waals surface area contributed by atoms with Crippen LogP contribution in [0.3, 0.4) is 0 Å². The number of unbranched alkanes of at least 4 members (excludes halogenated alkanes) is 1. The van der Waals surface area contributed by atoms with E-state index in [1.807, 2.05) is 0 Å². The van der Waals surface area contributed by atoms with Gasteiger partial charge in [0.2, 0.25) is 0 Å². The van der Waals surface area contributed by atoms with Crippen molar-refractivity contribution in [3.63, 3.8) is 0 Å². The molecule has 5 rings (SSSR count). The number of benzene rings is 1. The van der Waals surface area contributed by atoms with E-state index in [0.29, 0.717) is 5.92 Å². The van der Waals surface area contributed by atoms with E-state index in [2.05, 4.69) is 47.9 Å². The predicted octanol–water partition coefficient (Wildman–Crippen LogP) is 6.45. The number of aryl methyl sites for hydroxylation is 3. The molecule has 4 heteroatoms. The SMILES string of the molecule is C=C(O)[C@@H](c1ccccc1C1CCC1)N1CC[C@@H](OCCCCc2ccc3c(n2)CCCC3)C1. The molecule has 34 heavy (non-hydrogen) atoms. The van der Waals surface area contributed by atoms with Crippen molar-refractivity contribution in [2.45, 2.75) is 88.7 Å². The molecule has 2 aromatic rings. The van der Waals surface area contributed by atoms with Gasteiger partial charge in [0.05, 0.1) is 12.1 Å². The van der Waals surface area contributed by atoms with E-state index in [1.165, 1.54) is 66.6 Å². The lowest BCUT2D eigenvalue weighted by Gasteiger charge is -2.33. The van der Waals surface area contributed by atoms with Crippen LogP contribution in [0.15, 0.2) is 48.7 Å². The number of hydrogen-bond acceptors (Lipinski definition) is 4. The quantitative estimate of drug-likeness (QED) is 0.327. The number of rotatable bonds is 10. The average molecular weight is 461 g/mol. The molecule has 0 unspecified atom stereocenters.